The average molecular weight is 188 g/mol. The summed E-state index contributed by atoms with van der Waals surface area (Å²) in [5.41, 5.74) is 1.66. The van der Waals surface area contributed by atoms with Gasteiger partial charge in [0.2, 0.25) is 0 Å². The second kappa shape index (κ2) is 5.53. The zero-order valence-electron chi connectivity index (χ0n) is 7.42. The summed E-state index contributed by atoms with van der Waals surface area (Å²) in [7, 11) is -0.436. The fraction of sp³-hybridized carbons (Fsp3) is 0.429. The van der Waals surface area contributed by atoms with Crippen molar-refractivity contribution < 1.29 is 19.1 Å². The summed E-state index contributed by atoms with van der Waals surface area (Å²) in [5.74, 6) is -0.945. The fourth-order valence-electron chi connectivity index (χ4n) is 0.554. The van der Waals surface area contributed by atoms with Crippen LogP contribution in [0, 0.1) is 0 Å². The maximum Gasteiger partial charge on any atom is 0.310 e. The predicted octanol–water partition coefficient (Wildman–Crippen LogP) is 0.128. The Morgan fingerprint density at radius 1 is 1.17 bits per heavy atom. The number of ether oxygens (including phenoxy) is 2. The highest BCUT2D eigenvalue weighted by Crippen LogP contribution is 1.99. The first kappa shape index (κ1) is 10.9. The third-order valence-corrected chi connectivity index (χ3v) is 1.60. The van der Waals surface area contributed by atoms with Gasteiger partial charge in [-0.1, -0.05) is 6.55 Å². The molecule has 0 aliphatic carbocycles. The van der Waals surface area contributed by atoms with Crippen molar-refractivity contribution in [3.8, 4) is 0 Å². The molecule has 0 N–H and O–H groups in total. The van der Waals surface area contributed by atoms with E-state index in [9.17, 15) is 9.59 Å². The van der Waals surface area contributed by atoms with Crippen LogP contribution < -0.4 is 0 Å². The molecule has 0 heterocycles. The second-order valence-electron chi connectivity index (χ2n) is 2.12. The van der Waals surface area contributed by atoms with Gasteiger partial charge in [-0.15, -0.1) is 0 Å². The molecule has 0 saturated carbocycles. The summed E-state index contributed by atoms with van der Waals surface area (Å²) >= 11 is 0. The van der Waals surface area contributed by atoms with Crippen LogP contribution in [0.2, 0.25) is 6.55 Å². The van der Waals surface area contributed by atoms with Crippen molar-refractivity contribution in [2.45, 2.75) is 20.4 Å². The molecule has 0 spiro atoms. The molecule has 5 heteroatoms. The van der Waals surface area contributed by atoms with E-state index in [2.05, 4.69) is 9.47 Å². The summed E-state index contributed by atoms with van der Waals surface area (Å²) < 4.78 is 9.23. The number of esters is 2. The number of carbonyl (C=O) groups is 2. The zero-order chi connectivity index (χ0) is 9.56. The highest BCUT2D eigenvalue weighted by molar-refractivity contribution is 6.40. The van der Waals surface area contributed by atoms with Crippen LogP contribution in [-0.2, 0) is 19.1 Å². The Kier molecular flexibility index (Phi) is 5.03. The van der Waals surface area contributed by atoms with Gasteiger partial charge in [0.05, 0.1) is 9.52 Å². The first-order chi connectivity index (χ1) is 5.56. The van der Waals surface area contributed by atoms with Crippen molar-refractivity contribution in [1.29, 1.82) is 0 Å². The molecule has 12 heavy (non-hydrogen) atoms. The van der Waals surface area contributed by atoms with Gasteiger partial charge in [0.15, 0.2) is 0 Å². The van der Waals surface area contributed by atoms with Crippen LogP contribution >= 0.6 is 0 Å². The third kappa shape index (κ3) is 5.66. The molecule has 0 atom stereocenters. The average Bonchev–Trinajstić information content (AvgIpc) is 1.84. The molecule has 0 aromatic rings. The summed E-state index contributed by atoms with van der Waals surface area (Å²) in [6.45, 7) is 4.50. The van der Waals surface area contributed by atoms with Gasteiger partial charge in [0.25, 0.3) is 5.95 Å². The van der Waals surface area contributed by atoms with Gasteiger partial charge in [-0.2, -0.15) is 0 Å². The molecule has 0 radical (unpaired) electrons. The molecule has 0 aliphatic rings. The first-order valence-corrected chi connectivity index (χ1v) is 5.86. The van der Waals surface area contributed by atoms with E-state index in [0.29, 0.717) is 0 Å². The van der Waals surface area contributed by atoms with E-state index >= 15 is 0 Å². The lowest BCUT2D eigenvalue weighted by molar-refractivity contribution is -0.150. The van der Waals surface area contributed by atoms with E-state index in [1.54, 1.807) is 5.70 Å². The SMILES string of the molecule is C[SiH2]C=C(OC(C)=O)OC(C)=O. The second-order valence-corrected chi connectivity index (χ2v) is 3.34. The van der Waals surface area contributed by atoms with Crippen molar-refractivity contribution in [1.82, 2.24) is 0 Å². The summed E-state index contributed by atoms with van der Waals surface area (Å²) in [4.78, 5) is 20.9. The monoisotopic (exact) mass is 188 g/mol. The van der Waals surface area contributed by atoms with E-state index < -0.39 is 21.5 Å². The molecular weight excluding hydrogens is 176 g/mol. The third-order valence-electron chi connectivity index (χ3n) is 0.859. The molecule has 0 aliphatic heterocycles. The topological polar surface area (TPSA) is 52.6 Å². The first-order valence-electron chi connectivity index (χ1n) is 3.63. The van der Waals surface area contributed by atoms with Crippen LogP contribution in [0.4, 0.5) is 0 Å². The summed E-state index contributed by atoms with van der Waals surface area (Å²) in [5, 5.41) is 0. The Morgan fingerprint density at radius 2 is 1.58 bits per heavy atom. The molecule has 0 aromatic heterocycles. The maximum absolute atomic E-state index is 10.5. The standard InChI is InChI=1S/C7H12O4Si/c1-5(8)10-7(4-12-3)11-6(2)9/h4H,12H2,1-3H3. The number of carbonyl (C=O) groups excluding carboxylic acids is 2. The van der Waals surface area contributed by atoms with Gasteiger partial charge in [-0.05, 0) is 5.70 Å². The largest absolute Gasteiger partial charge is 0.393 e. The van der Waals surface area contributed by atoms with E-state index in [1.807, 2.05) is 6.55 Å². The fourth-order valence-corrected chi connectivity index (χ4v) is 1.05. The minimum absolute atomic E-state index is 0.0177. The van der Waals surface area contributed by atoms with Gasteiger partial charge >= 0.3 is 11.9 Å². The molecule has 0 fully saturated rings. The van der Waals surface area contributed by atoms with E-state index in [1.165, 1.54) is 13.8 Å². The number of hydrogen-bond donors (Lipinski definition) is 0. The van der Waals surface area contributed by atoms with E-state index in [-0.39, 0.29) is 5.95 Å². The van der Waals surface area contributed by atoms with Crippen molar-refractivity contribution in [2.75, 3.05) is 0 Å². The van der Waals surface area contributed by atoms with Crippen LogP contribution in [-0.4, -0.2) is 21.5 Å². The van der Waals surface area contributed by atoms with Gasteiger partial charge in [0.1, 0.15) is 0 Å². The molecular formula is C7H12O4Si. The Labute approximate surface area is 73.4 Å². The van der Waals surface area contributed by atoms with Crippen molar-refractivity contribution in [3.05, 3.63) is 11.6 Å². The van der Waals surface area contributed by atoms with Gasteiger partial charge < -0.3 is 9.47 Å². The molecule has 68 valence electrons. The lowest BCUT2D eigenvalue weighted by Crippen LogP contribution is -2.07. The van der Waals surface area contributed by atoms with Crippen molar-refractivity contribution in [3.63, 3.8) is 0 Å². The van der Waals surface area contributed by atoms with Crippen LogP contribution in [0.15, 0.2) is 11.6 Å². The Balaban J connectivity index is 4.14. The Morgan fingerprint density at radius 3 is 1.83 bits per heavy atom. The molecule has 0 saturated heterocycles. The molecule has 0 amide bonds. The number of hydrogen-bond acceptors (Lipinski definition) is 4. The minimum Gasteiger partial charge on any atom is -0.393 e. The van der Waals surface area contributed by atoms with Gasteiger partial charge in [0, 0.05) is 13.8 Å². The quantitative estimate of drug-likeness (QED) is 0.359. The van der Waals surface area contributed by atoms with Crippen LogP contribution in [0.25, 0.3) is 0 Å². The highest BCUT2D eigenvalue weighted by atomic mass is 28.2. The lowest BCUT2D eigenvalue weighted by Gasteiger charge is -2.04. The lowest BCUT2D eigenvalue weighted by atomic mass is 10.8. The van der Waals surface area contributed by atoms with E-state index in [0.717, 1.165) is 0 Å². The zero-order valence-corrected chi connectivity index (χ0v) is 8.83. The van der Waals surface area contributed by atoms with Crippen LogP contribution in [0.5, 0.6) is 0 Å². The van der Waals surface area contributed by atoms with Gasteiger partial charge in [-0.3, -0.25) is 9.59 Å². The molecule has 0 aromatic carbocycles. The maximum atomic E-state index is 10.5. The summed E-state index contributed by atoms with van der Waals surface area (Å²) in [6, 6.07) is 0. The normalized spacial score (nSPS) is 9.58. The summed E-state index contributed by atoms with van der Waals surface area (Å²) in [6.07, 6.45) is 0. The predicted molar refractivity (Wildman–Crippen MR) is 46.0 cm³/mol. The highest BCUT2D eigenvalue weighted by Gasteiger charge is 2.04. The molecule has 0 bridgehead atoms. The molecule has 0 unspecified atom stereocenters. The minimum atomic E-state index is -0.482. The molecule has 0 rings (SSSR count). The van der Waals surface area contributed by atoms with Crippen molar-refractivity contribution in [2.24, 2.45) is 0 Å². The smallest absolute Gasteiger partial charge is 0.310 e. The molecule has 4 nitrogen and oxygen atoms in total. The van der Waals surface area contributed by atoms with Crippen LogP contribution in [0.1, 0.15) is 13.8 Å². The Hall–Kier alpha value is -1.10. The number of rotatable bonds is 3. The van der Waals surface area contributed by atoms with Crippen molar-refractivity contribution >= 4 is 21.5 Å². The Bertz CT molecular complexity index is 191. The van der Waals surface area contributed by atoms with E-state index in [4.69, 9.17) is 0 Å². The van der Waals surface area contributed by atoms with Gasteiger partial charge in [-0.25, -0.2) is 0 Å². The van der Waals surface area contributed by atoms with Crippen LogP contribution in [0.3, 0.4) is 0 Å².